The lowest BCUT2D eigenvalue weighted by atomic mass is 9.71. The van der Waals surface area contributed by atoms with Crippen molar-refractivity contribution in [1.29, 1.82) is 0 Å². The lowest BCUT2D eigenvalue weighted by Gasteiger charge is -2.32. The minimum Gasteiger partial charge on any atom is -0.508 e. The molecule has 0 aromatic heterocycles. The van der Waals surface area contributed by atoms with Crippen molar-refractivity contribution in [2.24, 2.45) is 0 Å². The molecule has 0 radical (unpaired) electrons. The van der Waals surface area contributed by atoms with Gasteiger partial charge in [0.25, 0.3) is 0 Å². The molecule has 0 saturated carbocycles. The molecule has 0 spiro atoms. The Labute approximate surface area is 146 Å². The van der Waals surface area contributed by atoms with Gasteiger partial charge in [-0.3, -0.25) is 0 Å². The molecular formula is C21H20O4. The fourth-order valence-corrected chi connectivity index (χ4v) is 2.88. The first kappa shape index (κ1) is 18.1. The summed E-state index contributed by atoms with van der Waals surface area (Å²) < 4.78 is 0. The Morgan fingerprint density at radius 3 is 0.960 bits per heavy atom. The van der Waals surface area contributed by atoms with Gasteiger partial charge >= 0.3 is 0 Å². The molecule has 0 heterocycles. The summed E-state index contributed by atoms with van der Waals surface area (Å²) in [6, 6.07) is 21.3. The molecule has 3 N–H and O–H groups in total. The van der Waals surface area contributed by atoms with Crippen LogP contribution in [0, 0.1) is 0 Å². The van der Waals surface area contributed by atoms with Crippen molar-refractivity contribution in [3.05, 3.63) is 89.5 Å². The van der Waals surface area contributed by atoms with Gasteiger partial charge < -0.3 is 20.1 Å². The maximum Gasteiger partial charge on any atom is 0.115 e. The van der Waals surface area contributed by atoms with E-state index in [2.05, 4.69) is 6.92 Å². The van der Waals surface area contributed by atoms with E-state index in [4.69, 9.17) is 4.79 Å². The topological polar surface area (TPSA) is 77.8 Å². The van der Waals surface area contributed by atoms with Crippen molar-refractivity contribution in [2.75, 3.05) is 0 Å². The smallest absolute Gasteiger partial charge is 0.115 e. The average Bonchev–Trinajstić information content (AvgIpc) is 2.64. The van der Waals surface area contributed by atoms with E-state index in [1.807, 2.05) is 43.2 Å². The third-order valence-corrected chi connectivity index (χ3v) is 4.33. The zero-order valence-electron chi connectivity index (χ0n) is 13.9. The molecule has 4 nitrogen and oxygen atoms in total. The highest BCUT2D eigenvalue weighted by Gasteiger charge is 2.31. The Hall–Kier alpha value is -3.27. The van der Waals surface area contributed by atoms with Crippen molar-refractivity contribution in [2.45, 2.75) is 12.3 Å². The zero-order chi connectivity index (χ0) is 18.4. The number of carbonyl (C=O) groups is 1. The summed E-state index contributed by atoms with van der Waals surface area (Å²) in [4.78, 5) is 8.00. The Morgan fingerprint density at radius 1 is 0.560 bits per heavy atom. The fraction of sp³-hybridized carbons (Fsp3) is 0.0952. The van der Waals surface area contributed by atoms with Crippen LogP contribution in [0.5, 0.6) is 17.2 Å². The largest absolute Gasteiger partial charge is 0.508 e. The first-order valence-corrected chi connectivity index (χ1v) is 7.67. The van der Waals surface area contributed by atoms with Crippen LogP contribution in [0.4, 0.5) is 0 Å². The Balaban J connectivity index is 0.00000109. The van der Waals surface area contributed by atoms with Crippen LogP contribution >= 0.6 is 0 Å². The van der Waals surface area contributed by atoms with E-state index < -0.39 is 5.41 Å². The molecule has 0 bridgehead atoms. The van der Waals surface area contributed by atoms with Crippen LogP contribution in [0.2, 0.25) is 0 Å². The maximum atomic E-state index is 9.57. The number of benzene rings is 3. The Morgan fingerprint density at radius 2 is 0.760 bits per heavy atom. The summed E-state index contributed by atoms with van der Waals surface area (Å²) in [6.45, 7) is 4.08. The summed E-state index contributed by atoms with van der Waals surface area (Å²) in [5.41, 5.74) is 2.54. The maximum absolute atomic E-state index is 9.57. The summed E-state index contributed by atoms with van der Waals surface area (Å²) in [7, 11) is 0. The predicted octanol–water partition coefficient (Wildman–Crippen LogP) is 3.97. The first-order chi connectivity index (χ1) is 12.0. The van der Waals surface area contributed by atoms with Gasteiger partial charge in [0.2, 0.25) is 0 Å². The van der Waals surface area contributed by atoms with E-state index in [-0.39, 0.29) is 17.2 Å². The van der Waals surface area contributed by atoms with Gasteiger partial charge in [0.05, 0.1) is 0 Å². The molecule has 3 aromatic carbocycles. The minimum atomic E-state index is -0.477. The van der Waals surface area contributed by atoms with Gasteiger partial charge in [-0.15, -0.1) is 0 Å². The standard InChI is InChI=1S/C20H18O3.CH2O/c1-20(14-2-8-17(21)9-3-14,15-4-10-18(22)11-5-15)16-6-12-19(23)13-7-16;1-2/h2-13,21-23H,1H3;1H2. The van der Waals surface area contributed by atoms with Crippen LogP contribution in [-0.4, -0.2) is 22.1 Å². The van der Waals surface area contributed by atoms with Crippen molar-refractivity contribution >= 4 is 6.79 Å². The van der Waals surface area contributed by atoms with E-state index in [0.717, 1.165) is 16.7 Å². The molecule has 0 unspecified atom stereocenters. The number of phenolic OH excluding ortho intramolecular Hbond substituents is 3. The molecule has 0 amide bonds. The Kier molecular flexibility index (Phi) is 5.45. The molecule has 0 aliphatic carbocycles. The molecule has 128 valence electrons. The molecule has 3 aromatic rings. The highest BCUT2D eigenvalue weighted by Crippen LogP contribution is 2.40. The van der Waals surface area contributed by atoms with E-state index >= 15 is 0 Å². The molecule has 0 aliphatic rings. The van der Waals surface area contributed by atoms with Crippen LogP contribution in [-0.2, 0) is 10.2 Å². The number of rotatable bonds is 3. The molecule has 4 heteroatoms. The summed E-state index contributed by atoms with van der Waals surface area (Å²) in [6.07, 6.45) is 0. The molecule has 0 atom stereocenters. The van der Waals surface area contributed by atoms with Gasteiger partial charge in [-0.1, -0.05) is 36.4 Å². The number of hydrogen-bond donors (Lipinski definition) is 3. The second kappa shape index (κ2) is 7.53. The van der Waals surface area contributed by atoms with Crippen molar-refractivity contribution < 1.29 is 20.1 Å². The second-order valence-corrected chi connectivity index (χ2v) is 5.77. The Bertz CT molecular complexity index is 695. The highest BCUT2D eigenvalue weighted by molar-refractivity contribution is 5.51. The molecule has 3 rings (SSSR count). The zero-order valence-corrected chi connectivity index (χ0v) is 13.9. The average molecular weight is 336 g/mol. The quantitative estimate of drug-likeness (QED) is 0.632. The van der Waals surface area contributed by atoms with Gasteiger partial charge in [0.15, 0.2) is 0 Å². The summed E-state index contributed by atoms with van der Waals surface area (Å²) >= 11 is 0. The summed E-state index contributed by atoms with van der Waals surface area (Å²) in [5.74, 6) is 0.646. The minimum absolute atomic E-state index is 0.215. The summed E-state index contributed by atoms with van der Waals surface area (Å²) in [5, 5.41) is 28.7. The van der Waals surface area contributed by atoms with Gasteiger partial charge in [0.1, 0.15) is 24.0 Å². The lowest BCUT2D eigenvalue weighted by molar-refractivity contribution is -0.0979. The first-order valence-electron chi connectivity index (χ1n) is 7.67. The second-order valence-electron chi connectivity index (χ2n) is 5.77. The van der Waals surface area contributed by atoms with Gasteiger partial charge in [-0.25, -0.2) is 0 Å². The van der Waals surface area contributed by atoms with Gasteiger partial charge in [-0.05, 0) is 60.0 Å². The fourth-order valence-electron chi connectivity index (χ4n) is 2.88. The van der Waals surface area contributed by atoms with Crippen LogP contribution < -0.4 is 0 Å². The molecule has 0 aliphatic heterocycles. The number of carbonyl (C=O) groups excluding carboxylic acids is 1. The SMILES string of the molecule is C=O.CC(c1ccc(O)cc1)(c1ccc(O)cc1)c1ccc(O)cc1. The van der Waals surface area contributed by atoms with E-state index in [1.165, 1.54) is 0 Å². The molecule has 0 saturated heterocycles. The van der Waals surface area contributed by atoms with Gasteiger partial charge in [0, 0.05) is 5.41 Å². The van der Waals surface area contributed by atoms with Crippen LogP contribution in [0.3, 0.4) is 0 Å². The monoisotopic (exact) mass is 336 g/mol. The third kappa shape index (κ3) is 3.63. The molecule has 25 heavy (non-hydrogen) atoms. The van der Waals surface area contributed by atoms with Crippen molar-refractivity contribution in [1.82, 2.24) is 0 Å². The van der Waals surface area contributed by atoms with Crippen molar-refractivity contribution in [3.63, 3.8) is 0 Å². The molecule has 0 fully saturated rings. The van der Waals surface area contributed by atoms with Crippen LogP contribution in [0.1, 0.15) is 23.6 Å². The highest BCUT2D eigenvalue weighted by atomic mass is 16.3. The normalized spacial score (nSPS) is 10.6. The van der Waals surface area contributed by atoms with E-state index in [9.17, 15) is 15.3 Å². The van der Waals surface area contributed by atoms with Gasteiger partial charge in [-0.2, -0.15) is 0 Å². The van der Waals surface area contributed by atoms with Crippen molar-refractivity contribution in [3.8, 4) is 17.2 Å². The predicted molar refractivity (Wildman–Crippen MR) is 97.0 cm³/mol. The number of phenols is 3. The lowest BCUT2D eigenvalue weighted by Crippen LogP contribution is -2.25. The van der Waals surface area contributed by atoms with E-state index in [1.54, 1.807) is 36.4 Å². The number of hydrogen-bond acceptors (Lipinski definition) is 4. The van der Waals surface area contributed by atoms with Crippen LogP contribution in [0.25, 0.3) is 0 Å². The van der Waals surface area contributed by atoms with Crippen LogP contribution in [0.15, 0.2) is 72.8 Å². The molecular weight excluding hydrogens is 316 g/mol. The van der Waals surface area contributed by atoms with E-state index in [0.29, 0.717) is 0 Å². The third-order valence-electron chi connectivity index (χ3n) is 4.33. The number of aromatic hydroxyl groups is 3.